The van der Waals surface area contributed by atoms with E-state index < -0.39 is 0 Å². The fourth-order valence-electron chi connectivity index (χ4n) is 4.65. The molecule has 1 aliphatic rings. The smallest absolute Gasteiger partial charge is 0.289 e. The van der Waals surface area contributed by atoms with E-state index in [0.29, 0.717) is 44.8 Å². The number of aromatic nitrogens is 3. The van der Waals surface area contributed by atoms with Gasteiger partial charge in [-0.2, -0.15) is 5.10 Å². The number of pyridine rings is 1. The van der Waals surface area contributed by atoms with Gasteiger partial charge in [0, 0.05) is 43.7 Å². The summed E-state index contributed by atoms with van der Waals surface area (Å²) >= 11 is 0. The summed E-state index contributed by atoms with van der Waals surface area (Å²) in [6.45, 7) is 14.6. The third-order valence-electron chi connectivity index (χ3n) is 6.45. The number of rotatable bonds is 4. The Morgan fingerprint density at radius 3 is 2.30 bits per heavy atom. The lowest BCUT2D eigenvalue weighted by Crippen LogP contribution is -2.50. The highest BCUT2D eigenvalue weighted by molar-refractivity contribution is 5.91. The van der Waals surface area contributed by atoms with Crippen molar-refractivity contribution in [2.75, 3.05) is 26.2 Å². The van der Waals surface area contributed by atoms with Crippen LogP contribution in [0.1, 0.15) is 60.3 Å². The molecule has 0 aromatic carbocycles. The average Bonchev–Trinajstić information content (AvgIpc) is 3.41. The van der Waals surface area contributed by atoms with Crippen LogP contribution in [0.2, 0.25) is 0 Å². The summed E-state index contributed by atoms with van der Waals surface area (Å²) in [5, 5.41) is 5.84. The van der Waals surface area contributed by atoms with E-state index >= 15 is 0 Å². The molecule has 2 amide bonds. The first kappa shape index (κ1) is 23.0. The zero-order valence-electron chi connectivity index (χ0n) is 20.4. The molecular weight excluding hydrogens is 418 g/mol. The van der Waals surface area contributed by atoms with Crippen LogP contribution in [-0.2, 0) is 16.8 Å². The summed E-state index contributed by atoms with van der Waals surface area (Å²) in [5.74, 6) is 0.332. The van der Waals surface area contributed by atoms with Crippen molar-refractivity contribution < 1.29 is 14.0 Å². The number of aryl methyl sites for hydroxylation is 3. The number of amides is 2. The molecule has 0 unspecified atom stereocenters. The van der Waals surface area contributed by atoms with Gasteiger partial charge in [-0.15, -0.1) is 0 Å². The monoisotopic (exact) mass is 451 g/mol. The van der Waals surface area contributed by atoms with Gasteiger partial charge in [0.15, 0.2) is 11.4 Å². The maximum Gasteiger partial charge on any atom is 0.289 e. The van der Waals surface area contributed by atoms with Gasteiger partial charge in [-0.3, -0.25) is 9.59 Å². The first-order chi connectivity index (χ1) is 15.6. The minimum Gasteiger partial charge on any atom is -0.459 e. The van der Waals surface area contributed by atoms with Crippen LogP contribution in [0, 0.1) is 20.8 Å². The van der Waals surface area contributed by atoms with Crippen LogP contribution in [-0.4, -0.2) is 62.6 Å². The third-order valence-corrected chi connectivity index (χ3v) is 6.45. The maximum absolute atomic E-state index is 12.9. The molecule has 1 aliphatic heterocycles. The van der Waals surface area contributed by atoms with Gasteiger partial charge >= 0.3 is 0 Å². The third kappa shape index (κ3) is 4.38. The van der Waals surface area contributed by atoms with Crippen molar-refractivity contribution >= 4 is 22.8 Å². The number of nitrogens with zero attached hydrogens (tertiary/aromatic N) is 5. The van der Waals surface area contributed by atoms with Crippen LogP contribution in [0.5, 0.6) is 0 Å². The van der Waals surface area contributed by atoms with E-state index in [1.165, 1.54) is 6.26 Å². The Hall–Kier alpha value is -3.16. The van der Waals surface area contributed by atoms with E-state index in [1.807, 2.05) is 23.4 Å². The predicted octanol–water partition coefficient (Wildman–Crippen LogP) is 3.62. The van der Waals surface area contributed by atoms with Gasteiger partial charge in [0.05, 0.1) is 17.5 Å². The normalized spacial score (nSPS) is 14.8. The molecule has 33 heavy (non-hydrogen) atoms. The summed E-state index contributed by atoms with van der Waals surface area (Å²) in [7, 11) is 0. The lowest BCUT2D eigenvalue weighted by molar-refractivity contribution is -0.132. The van der Waals surface area contributed by atoms with Crippen LogP contribution in [0.15, 0.2) is 22.8 Å². The Morgan fingerprint density at radius 1 is 1.03 bits per heavy atom. The van der Waals surface area contributed by atoms with E-state index in [-0.39, 0.29) is 17.4 Å². The molecule has 1 saturated heterocycles. The van der Waals surface area contributed by atoms with Crippen LogP contribution >= 0.6 is 0 Å². The van der Waals surface area contributed by atoms with Gasteiger partial charge < -0.3 is 14.2 Å². The number of furan rings is 1. The van der Waals surface area contributed by atoms with Crippen molar-refractivity contribution in [2.45, 2.75) is 59.9 Å². The average molecular weight is 452 g/mol. The van der Waals surface area contributed by atoms with E-state index in [0.717, 1.165) is 33.5 Å². The number of carbonyl (C=O) groups is 2. The Balaban J connectivity index is 1.43. The van der Waals surface area contributed by atoms with Crippen LogP contribution < -0.4 is 0 Å². The summed E-state index contributed by atoms with van der Waals surface area (Å²) in [6, 6.07) is 3.38. The minimum atomic E-state index is -0.156. The van der Waals surface area contributed by atoms with Gasteiger partial charge in [-0.25, -0.2) is 9.67 Å². The highest BCUT2D eigenvalue weighted by Gasteiger charge is 2.27. The maximum atomic E-state index is 12.9. The molecule has 176 valence electrons. The molecule has 4 rings (SSSR count). The molecule has 0 spiro atoms. The van der Waals surface area contributed by atoms with Gasteiger partial charge in [0.25, 0.3) is 5.91 Å². The molecule has 0 bridgehead atoms. The summed E-state index contributed by atoms with van der Waals surface area (Å²) in [6.07, 6.45) is 2.57. The second-order valence-electron chi connectivity index (χ2n) is 9.82. The fourth-order valence-corrected chi connectivity index (χ4v) is 4.65. The lowest BCUT2D eigenvalue weighted by atomic mass is 9.98. The second kappa shape index (κ2) is 8.65. The number of carbonyl (C=O) groups excluding carboxylic acids is 2. The van der Waals surface area contributed by atoms with Gasteiger partial charge in [0.2, 0.25) is 5.91 Å². The van der Waals surface area contributed by atoms with Crippen molar-refractivity contribution in [3.8, 4) is 0 Å². The Labute approximate surface area is 194 Å². The van der Waals surface area contributed by atoms with Crippen molar-refractivity contribution in [3.05, 3.63) is 46.7 Å². The number of fused-ring (bicyclic) bond motifs is 1. The minimum absolute atomic E-state index is 0.112. The Bertz CT molecular complexity index is 1180. The van der Waals surface area contributed by atoms with Crippen LogP contribution in [0.3, 0.4) is 0 Å². The van der Waals surface area contributed by atoms with Crippen LogP contribution in [0.25, 0.3) is 11.0 Å². The van der Waals surface area contributed by atoms with Gasteiger partial charge in [0.1, 0.15) is 0 Å². The Morgan fingerprint density at radius 2 is 1.70 bits per heavy atom. The molecule has 1 fully saturated rings. The molecule has 8 nitrogen and oxygen atoms in total. The first-order valence-corrected chi connectivity index (χ1v) is 11.5. The van der Waals surface area contributed by atoms with Crippen molar-refractivity contribution in [2.24, 2.45) is 0 Å². The molecule has 8 heteroatoms. The molecule has 0 radical (unpaired) electrons. The van der Waals surface area contributed by atoms with Crippen molar-refractivity contribution in [3.63, 3.8) is 0 Å². The molecule has 3 aromatic heterocycles. The molecule has 0 aliphatic carbocycles. The quantitative estimate of drug-likeness (QED) is 0.605. The van der Waals surface area contributed by atoms with Crippen LogP contribution in [0.4, 0.5) is 0 Å². The molecule has 3 aromatic rings. The summed E-state index contributed by atoms with van der Waals surface area (Å²) in [4.78, 5) is 33.9. The van der Waals surface area contributed by atoms with Gasteiger partial charge in [-0.05, 0) is 71.2 Å². The molecule has 0 saturated carbocycles. The van der Waals surface area contributed by atoms with Crippen molar-refractivity contribution in [1.29, 1.82) is 0 Å². The second-order valence-corrected chi connectivity index (χ2v) is 9.82. The number of piperazine rings is 1. The highest BCUT2D eigenvalue weighted by atomic mass is 16.3. The van der Waals surface area contributed by atoms with E-state index in [1.54, 1.807) is 17.0 Å². The van der Waals surface area contributed by atoms with E-state index in [2.05, 4.69) is 27.7 Å². The topological polar surface area (TPSA) is 84.5 Å². The molecule has 4 heterocycles. The number of hydrogen-bond donors (Lipinski definition) is 0. The molecular formula is C25H33N5O3. The Kier molecular flexibility index (Phi) is 6.03. The summed E-state index contributed by atoms with van der Waals surface area (Å²) in [5.41, 5.74) is 4.95. The van der Waals surface area contributed by atoms with Gasteiger partial charge in [-0.1, -0.05) is 0 Å². The zero-order valence-corrected chi connectivity index (χ0v) is 20.4. The number of hydrogen-bond acceptors (Lipinski definition) is 5. The predicted molar refractivity (Wildman–Crippen MR) is 126 cm³/mol. The standard InChI is InChI=1S/C25H33N5O3/c1-16-19(17(2)26-23-22(16)18(3)27-30(23)25(4,5)6)9-10-21(31)28-11-13-29(14-12-28)24(32)20-8-7-15-33-20/h7-8,15H,9-14H2,1-6H3. The largest absolute Gasteiger partial charge is 0.459 e. The fraction of sp³-hybridized carbons (Fsp3) is 0.520. The summed E-state index contributed by atoms with van der Waals surface area (Å²) < 4.78 is 7.20. The molecule has 0 N–H and O–H groups in total. The van der Waals surface area contributed by atoms with Crippen molar-refractivity contribution in [1.82, 2.24) is 24.6 Å². The SMILES string of the molecule is Cc1nc2c(c(C)nn2C(C)(C)C)c(C)c1CCC(=O)N1CCN(C(=O)c2ccco2)CC1. The molecule has 0 atom stereocenters. The lowest BCUT2D eigenvalue weighted by Gasteiger charge is -2.34. The van der Waals surface area contributed by atoms with E-state index in [9.17, 15) is 9.59 Å². The van der Waals surface area contributed by atoms with E-state index in [4.69, 9.17) is 14.5 Å². The zero-order chi connectivity index (χ0) is 23.9. The first-order valence-electron chi connectivity index (χ1n) is 11.5. The highest BCUT2D eigenvalue weighted by Crippen LogP contribution is 2.29.